The minimum atomic E-state index is -1.78. The number of benzene rings is 1. The van der Waals surface area contributed by atoms with Gasteiger partial charge in [-0.1, -0.05) is 76.3 Å². The molecule has 0 fully saturated rings. The molecule has 0 N–H and O–H groups in total. The summed E-state index contributed by atoms with van der Waals surface area (Å²) >= 11 is 0. The molecule has 0 spiro atoms. The van der Waals surface area contributed by atoms with Crippen molar-refractivity contribution in [1.82, 2.24) is 0 Å². The van der Waals surface area contributed by atoms with Gasteiger partial charge in [0.15, 0.2) is 0 Å². The Morgan fingerprint density at radius 2 is 1.72 bits per heavy atom. The fourth-order valence-electron chi connectivity index (χ4n) is 1.52. The topological polar surface area (TPSA) is 17.1 Å². The molecule has 0 bridgehead atoms. The highest BCUT2D eigenvalue weighted by Gasteiger charge is 2.38. The molecular formula is C16H22OSi. The van der Waals surface area contributed by atoms with E-state index in [2.05, 4.69) is 39.8 Å². The van der Waals surface area contributed by atoms with Crippen LogP contribution in [-0.4, -0.2) is 14.0 Å². The zero-order chi connectivity index (χ0) is 13.8. The molecule has 1 rings (SSSR count). The van der Waals surface area contributed by atoms with E-state index in [0.717, 1.165) is 10.8 Å². The Bertz CT molecular complexity index is 472. The summed E-state index contributed by atoms with van der Waals surface area (Å²) in [5.74, 6) is 2.16. The molecule has 1 aromatic carbocycles. The van der Waals surface area contributed by atoms with Crippen LogP contribution in [0.5, 0.6) is 0 Å². The van der Waals surface area contributed by atoms with Crippen molar-refractivity contribution < 1.29 is 4.79 Å². The second-order valence-electron chi connectivity index (χ2n) is 6.13. The number of hydrogen-bond donors (Lipinski definition) is 0. The van der Waals surface area contributed by atoms with Crippen molar-refractivity contribution >= 4 is 20.1 Å². The Balaban J connectivity index is 3.02. The van der Waals surface area contributed by atoms with Gasteiger partial charge in [-0.05, 0) is 10.6 Å². The van der Waals surface area contributed by atoms with Crippen molar-refractivity contribution in [2.24, 2.45) is 0 Å². The maximum absolute atomic E-state index is 11.2. The van der Waals surface area contributed by atoms with Gasteiger partial charge < -0.3 is 0 Å². The molecule has 2 heteroatoms. The lowest BCUT2D eigenvalue weighted by Crippen LogP contribution is -2.39. The summed E-state index contributed by atoms with van der Waals surface area (Å²) in [5, 5.41) is 1.000. The highest BCUT2D eigenvalue weighted by atomic mass is 28.3. The Hall–Kier alpha value is -1.37. The smallest absolute Gasteiger partial charge is 0.123 e. The van der Waals surface area contributed by atoms with Gasteiger partial charge in [-0.15, -0.1) is 0 Å². The van der Waals surface area contributed by atoms with Gasteiger partial charge >= 0.3 is 0 Å². The van der Waals surface area contributed by atoms with E-state index in [9.17, 15) is 4.79 Å². The maximum atomic E-state index is 11.2. The minimum absolute atomic E-state index is 0.154. The van der Waals surface area contributed by atoms with Crippen molar-refractivity contribution in [1.29, 1.82) is 0 Å². The summed E-state index contributed by atoms with van der Waals surface area (Å²) in [4.78, 5) is 11.2. The molecule has 0 atom stereocenters. The summed E-state index contributed by atoms with van der Waals surface area (Å²) in [7, 11) is -1.78. The van der Waals surface area contributed by atoms with E-state index in [1.165, 1.54) is 0 Å². The highest BCUT2D eigenvalue weighted by Crippen LogP contribution is 2.40. The van der Waals surface area contributed by atoms with Crippen molar-refractivity contribution in [3.63, 3.8) is 0 Å². The molecule has 0 aliphatic carbocycles. The van der Waals surface area contributed by atoms with Gasteiger partial charge in [-0.2, -0.15) is 0 Å². The second-order valence-corrected chi connectivity index (χ2v) is 11.4. The van der Waals surface area contributed by atoms with Gasteiger partial charge in [0.05, 0.1) is 0 Å². The SMILES string of the molecule is CC(C)(C)[Si](C)(C)C(=C=O)/C=C/c1ccccc1. The fourth-order valence-corrected chi connectivity index (χ4v) is 3.08. The van der Waals surface area contributed by atoms with Gasteiger partial charge in [0.25, 0.3) is 0 Å². The lowest BCUT2D eigenvalue weighted by atomic mass is 10.2. The standard InChI is InChI=1S/C16H22OSi/c1-16(2,3)18(4,5)15(13-17)12-11-14-9-7-6-8-10-14/h6-12H,1-5H3/b12-11+. The van der Waals surface area contributed by atoms with Gasteiger partial charge in [0.2, 0.25) is 0 Å². The van der Waals surface area contributed by atoms with Gasteiger partial charge in [-0.25, -0.2) is 4.79 Å². The van der Waals surface area contributed by atoms with Crippen molar-refractivity contribution in [2.75, 3.05) is 0 Å². The molecule has 1 nitrogen and oxygen atoms in total. The summed E-state index contributed by atoms with van der Waals surface area (Å²) in [6, 6.07) is 10.0. The molecule has 0 saturated heterocycles. The monoisotopic (exact) mass is 258 g/mol. The van der Waals surface area contributed by atoms with Crippen LogP contribution >= 0.6 is 0 Å². The molecule has 0 heterocycles. The summed E-state index contributed by atoms with van der Waals surface area (Å²) in [6.07, 6.45) is 3.94. The summed E-state index contributed by atoms with van der Waals surface area (Å²) in [6.45, 7) is 11.1. The third-order valence-electron chi connectivity index (χ3n) is 3.90. The van der Waals surface area contributed by atoms with E-state index in [1.54, 1.807) is 0 Å². The largest absolute Gasteiger partial charge is 0.234 e. The zero-order valence-corrected chi connectivity index (χ0v) is 12.9. The van der Waals surface area contributed by atoms with E-state index in [-0.39, 0.29) is 5.04 Å². The minimum Gasteiger partial charge on any atom is -0.234 e. The second kappa shape index (κ2) is 5.51. The molecule has 1 aromatic rings. The average Bonchev–Trinajstić information content (AvgIpc) is 2.29. The molecule has 0 aliphatic rings. The lowest BCUT2D eigenvalue weighted by Gasteiger charge is -2.36. The maximum Gasteiger partial charge on any atom is 0.123 e. The van der Waals surface area contributed by atoms with Crippen LogP contribution in [0, 0.1) is 0 Å². The quantitative estimate of drug-likeness (QED) is 0.443. The number of carbonyl (C=O) groups excluding carboxylic acids is 1. The van der Waals surface area contributed by atoms with Crippen LogP contribution in [0.4, 0.5) is 0 Å². The molecular weight excluding hydrogens is 236 g/mol. The van der Waals surface area contributed by atoms with Crippen LogP contribution in [0.25, 0.3) is 6.08 Å². The third-order valence-corrected chi connectivity index (χ3v) is 9.27. The zero-order valence-electron chi connectivity index (χ0n) is 11.9. The van der Waals surface area contributed by atoms with Crippen LogP contribution in [0.3, 0.4) is 0 Å². The first kappa shape index (κ1) is 14.7. The predicted molar refractivity (Wildman–Crippen MR) is 81.9 cm³/mol. The molecule has 0 amide bonds. The molecule has 96 valence electrons. The number of allylic oxidation sites excluding steroid dienone is 2. The Morgan fingerprint density at radius 3 is 2.17 bits per heavy atom. The molecule has 0 aromatic heterocycles. The van der Waals surface area contributed by atoms with Crippen molar-refractivity contribution in [3.8, 4) is 0 Å². The third kappa shape index (κ3) is 3.31. The van der Waals surface area contributed by atoms with Crippen LogP contribution in [0.2, 0.25) is 18.1 Å². The molecule has 18 heavy (non-hydrogen) atoms. The average molecular weight is 258 g/mol. The van der Waals surface area contributed by atoms with Gasteiger partial charge in [0.1, 0.15) is 14.0 Å². The van der Waals surface area contributed by atoms with Crippen molar-refractivity contribution in [3.05, 3.63) is 47.2 Å². The van der Waals surface area contributed by atoms with Crippen LogP contribution in [0.1, 0.15) is 26.3 Å². The van der Waals surface area contributed by atoms with Gasteiger partial charge in [0, 0.05) is 5.20 Å². The van der Waals surface area contributed by atoms with Crippen LogP contribution < -0.4 is 0 Å². The molecule has 0 aliphatic heterocycles. The first-order valence-electron chi connectivity index (χ1n) is 6.28. The Morgan fingerprint density at radius 1 is 1.17 bits per heavy atom. The summed E-state index contributed by atoms with van der Waals surface area (Å²) < 4.78 is 0. The van der Waals surface area contributed by atoms with Gasteiger partial charge in [-0.3, -0.25) is 0 Å². The van der Waals surface area contributed by atoms with E-state index in [4.69, 9.17) is 0 Å². The van der Waals surface area contributed by atoms with E-state index < -0.39 is 8.07 Å². The Labute approximate surface area is 111 Å². The first-order valence-corrected chi connectivity index (χ1v) is 9.28. The van der Waals surface area contributed by atoms with Crippen LogP contribution in [-0.2, 0) is 4.79 Å². The van der Waals surface area contributed by atoms with Crippen molar-refractivity contribution in [2.45, 2.75) is 38.9 Å². The molecule has 0 unspecified atom stereocenters. The first-order chi connectivity index (χ1) is 8.29. The lowest BCUT2D eigenvalue weighted by molar-refractivity contribution is 0.568. The highest BCUT2D eigenvalue weighted by molar-refractivity contribution is 6.88. The molecule has 0 radical (unpaired) electrons. The van der Waals surface area contributed by atoms with E-state index in [1.807, 2.05) is 42.5 Å². The van der Waals surface area contributed by atoms with E-state index in [0.29, 0.717) is 0 Å². The Kier molecular flexibility index (Phi) is 4.50. The fraction of sp³-hybridized carbons (Fsp3) is 0.375. The van der Waals surface area contributed by atoms with Crippen LogP contribution in [0.15, 0.2) is 41.6 Å². The van der Waals surface area contributed by atoms with E-state index >= 15 is 0 Å². The predicted octanol–water partition coefficient (Wildman–Crippen LogP) is 4.51. The summed E-state index contributed by atoms with van der Waals surface area (Å²) in [5.41, 5.74) is 1.11. The normalized spacial score (nSPS) is 12.5. The molecule has 0 saturated carbocycles. The number of rotatable bonds is 3. The number of hydrogen-bond acceptors (Lipinski definition) is 1.